The van der Waals surface area contributed by atoms with Crippen molar-refractivity contribution in [2.45, 2.75) is 25.4 Å². The molecule has 2 heterocycles. The molecule has 1 aromatic heterocycles. The van der Waals surface area contributed by atoms with Gasteiger partial charge in [0.25, 0.3) is 5.91 Å². The highest BCUT2D eigenvalue weighted by Gasteiger charge is 2.26. The Morgan fingerprint density at radius 3 is 2.74 bits per heavy atom. The maximum absolute atomic E-state index is 12.9. The molecule has 1 aliphatic rings. The summed E-state index contributed by atoms with van der Waals surface area (Å²) in [6.45, 7) is 1.43. The number of amides is 1. The highest BCUT2D eigenvalue weighted by molar-refractivity contribution is 6.07. The zero-order valence-corrected chi connectivity index (χ0v) is 15.1. The molecule has 1 saturated heterocycles. The van der Waals surface area contributed by atoms with E-state index < -0.39 is 0 Å². The number of hydrogen-bond acceptors (Lipinski definition) is 4. The van der Waals surface area contributed by atoms with E-state index >= 15 is 0 Å². The number of benzene rings is 2. The van der Waals surface area contributed by atoms with Crippen molar-refractivity contribution in [2.24, 2.45) is 0 Å². The van der Waals surface area contributed by atoms with E-state index in [1.54, 1.807) is 0 Å². The predicted octanol–water partition coefficient (Wildman–Crippen LogP) is 3.13. The van der Waals surface area contributed by atoms with Crippen molar-refractivity contribution in [3.8, 4) is 0 Å². The lowest BCUT2D eigenvalue weighted by atomic mass is 10.1. The molecule has 1 unspecified atom stereocenters. The zero-order chi connectivity index (χ0) is 18.6. The van der Waals surface area contributed by atoms with E-state index in [1.165, 1.54) is 0 Å². The quantitative estimate of drug-likeness (QED) is 0.733. The third kappa shape index (κ3) is 3.64. The van der Waals surface area contributed by atoms with Gasteiger partial charge in [0.2, 0.25) is 0 Å². The highest BCUT2D eigenvalue weighted by Crippen LogP contribution is 2.28. The topological polar surface area (TPSA) is 65.5 Å². The Hall–Kier alpha value is -2.92. The van der Waals surface area contributed by atoms with Crippen molar-refractivity contribution in [3.05, 3.63) is 71.8 Å². The molecule has 1 amide bonds. The highest BCUT2D eigenvalue weighted by atomic mass is 16.3. The second kappa shape index (κ2) is 7.76. The number of nitrogens with one attached hydrogen (secondary N) is 1. The van der Waals surface area contributed by atoms with Gasteiger partial charge in [-0.25, -0.2) is 4.98 Å². The van der Waals surface area contributed by atoms with Crippen molar-refractivity contribution < 1.29 is 9.90 Å². The minimum absolute atomic E-state index is 0.0684. The number of aliphatic hydroxyl groups excluding tert-OH is 1. The first-order valence-corrected chi connectivity index (χ1v) is 9.35. The Labute approximate surface area is 158 Å². The molecule has 4 rings (SSSR count). The lowest BCUT2D eigenvalue weighted by Crippen LogP contribution is -2.33. The molecule has 2 N–H and O–H groups in total. The van der Waals surface area contributed by atoms with Crippen LogP contribution in [0.1, 0.15) is 28.8 Å². The summed E-state index contributed by atoms with van der Waals surface area (Å²) in [5, 5.41) is 13.5. The SMILES string of the molecule is O=C(NCc1ccccc1)c1cc(N2CCCC2CO)nc2ccccc12. The fourth-order valence-electron chi connectivity index (χ4n) is 3.70. The normalized spacial score (nSPS) is 16.6. The van der Waals surface area contributed by atoms with E-state index in [9.17, 15) is 9.90 Å². The summed E-state index contributed by atoms with van der Waals surface area (Å²) in [6.07, 6.45) is 1.97. The first kappa shape index (κ1) is 17.5. The molecule has 3 aromatic rings. The first-order valence-electron chi connectivity index (χ1n) is 9.35. The summed E-state index contributed by atoms with van der Waals surface area (Å²) < 4.78 is 0. The first-order chi connectivity index (χ1) is 13.3. The van der Waals surface area contributed by atoms with Crippen molar-refractivity contribution in [3.63, 3.8) is 0 Å². The standard InChI is InChI=1S/C22H23N3O2/c26-15-17-9-6-12-25(17)21-13-19(18-10-4-5-11-20(18)24-21)22(27)23-14-16-7-2-1-3-8-16/h1-5,7-8,10-11,13,17,26H,6,9,12,14-15H2,(H,23,27). The second-order valence-electron chi connectivity index (χ2n) is 6.89. The van der Waals surface area contributed by atoms with Gasteiger partial charge in [0, 0.05) is 18.5 Å². The van der Waals surface area contributed by atoms with Gasteiger partial charge in [-0.1, -0.05) is 48.5 Å². The Kier molecular flexibility index (Phi) is 5.03. The van der Waals surface area contributed by atoms with Crippen molar-refractivity contribution in [1.29, 1.82) is 0 Å². The van der Waals surface area contributed by atoms with Crippen LogP contribution in [0.2, 0.25) is 0 Å². The van der Waals surface area contributed by atoms with E-state index in [4.69, 9.17) is 4.98 Å². The molecule has 27 heavy (non-hydrogen) atoms. The van der Waals surface area contributed by atoms with Crippen LogP contribution in [0, 0.1) is 0 Å². The summed E-state index contributed by atoms with van der Waals surface area (Å²) >= 11 is 0. The molecule has 0 spiro atoms. The smallest absolute Gasteiger partial charge is 0.252 e. The molecule has 0 radical (unpaired) electrons. The monoisotopic (exact) mass is 361 g/mol. The van der Waals surface area contributed by atoms with Crippen LogP contribution in [0.25, 0.3) is 10.9 Å². The summed E-state index contributed by atoms with van der Waals surface area (Å²) in [7, 11) is 0. The number of para-hydroxylation sites is 1. The molecule has 1 aliphatic heterocycles. The third-order valence-electron chi connectivity index (χ3n) is 5.13. The molecular formula is C22H23N3O2. The lowest BCUT2D eigenvalue weighted by molar-refractivity contribution is 0.0952. The van der Waals surface area contributed by atoms with Crippen LogP contribution < -0.4 is 10.2 Å². The van der Waals surface area contributed by atoms with E-state index in [0.717, 1.165) is 41.7 Å². The predicted molar refractivity (Wildman–Crippen MR) is 107 cm³/mol. The Morgan fingerprint density at radius 2 is 1.93 bits per heavy atom. The molecule has 0 aliphatic carbocycles. The molecule has 1 atom stereocenters. The van der Waals surface area contributed by atoms with Gasteiger partial charge in [-0.3, -0.25) is 4.79 Å². The van der Waals surface area contributed by atoms with Crippen molar-refractivity contribution in [2.75, 3.05) is 18.1 Å². The summed E-state index contributed by atoms with van der Waals surface area (Å²) in [4.78, 5) is 19.8. The van der Waals surface area contributed by atoms with Gasteiger partial charge >= 0.3 is 0 Å². The number of anilines is 1. The Balaban J connectivity index is 1.67. The number of nitrogens with zero attached hydrogens (tertiary/aromatic N) is 2. The average Bonchev–Trinajstić information content (AvgIpc) is 3.21. The number of aliphatic hydroxyl groups is 1. The van der Waals surface area contributed by atoms with Gasteiger partial charge < -0.3 is 15.3 Å². The number of hydrogen-bond donors (Lipinski definition) is 2. The molecule has 2 aromatic carbocycles. The summed E-state index contributed by atoms with van der Waals surface area (Å²) in [6, 6.07) is 19.5. The van der Waals surface area contributed by atoms with Crippen LogP contribution >= 0.6 is 0 Å². The minimum Gasteiger partial charge on any atom is -0.394 e. The maximum Gasteiger partial charge on any atom is 0.252 e. The second-order valence-corrected chi connectivity index (χ2v) is 6.89. The number of aromatic nitrogens is 1. The van der Waals surface area contributed by atoms with E-state index in [-0.39, 0.29) is 18.6 Å². The number of carbonyl (C=O) groups excluding carboxylic acids is 1. The van der Waals surface area contributed by atoms with Gasteiger partial charge in [-0.2, -0.15) is 0 Å². The zero-order valence-electron chi connectivity index (χ0n) is 15.1. The maximum atomic E-state index is 12.9. The van der Waals surface area contributed by atoms with Gasteiger partial charge in [0.1, 0.15) is 5.82 Å². The molecular weight excluding hydrogens is 338 g/mol. The number of rotatable bonds is 5. The van der Waals surface area contributed by atoms with E-state index in [1.807, 2.05) is 60.7 Å². The van der Waals surface area contributed by atoms with E-state index in [2.05, 4.69) is 10.2 Å². The molecule has 0 bridgehead atoms. The van der Waals surface area contributed by atoms with E-state index in [0.29, 0.717) is 12.1 Å². The summed E-state index contributed by atoms with van der Waals surface area (Å²) in [5.74, 6) is 0.647. The van der Waals surface area contributed by atoms with Crippen molar-refractivity contribution in [1.82, 2.24) is 10.3 Å². The van der Waals surface area contributed by atoms with Crippen LogP contribution in [-0.4, -0.2) is 35.2 Å². The lowest BCUT2D eigenvalue weighted by Gasteiger charge is -2.25. The van der Waals surface area contributed by atoms with Crippen LogP contribution in [0.3, 0.4) is 0 Å². The molecule has 0 saturated carbocycles. The molecule has 5 nitrogen and oxygen atoms in total. The average molecular weight is 361 g/mol. The Bertz CT molecular complexity index is 943. The van der Waals surface area contributed by atoms with Gasteiger partial charge in [-0.15, -0.1) is 0 Å². The van der Waals surface area contributed by atoms with Crippen LogP contribution in [0.4, 0.5) is 5.82 Å². The largest absolute Gasteiger partial charge is 0.394 e. The van der Waals surface area contributed by atoms with Crippen LogP contribution in [-0.2, 0) is 6.54 Å². The minimum atomic E-state index is -0.113. The van der Waals surface area contributed by atoms with Gasteiger partial charge in [-0.05, 0) is 30.5 Å². The third-order valence-corrected chi connectivity index (χ3v) is 5.13. The van der Waals surface area contributed by atoms with Crippen molar-refractivity contribution >= 4 is 22.6 Å². The number of pyridine rings is 1. The molecule has 1 fully saturated rings. The fraction of sp³-hybridized carbons (Fsp3) is 0.273. The van der Waals surface area contributed by atoms with Gasteiger partial charge in [0.05, 0.1) is 23.7 Å². The number of carbonyl (C=O) groups is 1. The molecule has 138 valence electrons. The number of fused-ring (bicyclic) bond motifs is 1. The molecule has 5 heteroatoms. The van der Waals surface area contributed by atoms with Crippen LogP contribution in [0.5, 0.6) is 0 Å². The Morgan fingerprint density at radius 1 is 1.15 bits per heavy atom. The van der Waals surface area contributed by atoms with Gasteiger partial charge in [0.15, 0.2) is 0 Å². The summed E-state index contributed by atoms with van der Waals surface area (Å²) in [5.41, 5.74) is 2.47. The van der Waals surface area contributed by atoms with Crippen LogP contribution in [0.15, 0.2) is 60.7 Å². The fourth-order valence-corrected chi connectivity index (χ4v) is 3.70.